The summed E-state index contributed by atoms with van der Waals surface area (Å²) in [5, 5.41) is 0. The number of methoxy groups -OCH3 is 2. The molecule has 1 unspecified atom stereocenters. The van der Waals surface area contributed by atoms with Gasteiger partial charge in [-0.15, -0.1) is 0 Å². The lowest BCUT2D eigenvalue weighted by Crippen LogP contribution is -2.33. The number of phosphoric acid groups is 1. The third-order valence-electron chi connectivity index (χ3n) is 6.17. The molecule has 4 aromatic carbocycles. The molecule has 0 radical (unpaired) electrons. The zero-order chi connectivity index (χ0) is 26.1. The first kappa shape index (κ1) is 26.5. The van der Waals surface area contributed by atoms with Crippen LogP contribution in [0, 0.1) is 0 Å². The molecule has 0 aliphatic rings. The van der Waals surface area contributed by atoms with Crippen LogP contribution in [0.2, 0.25) is 0 Å². The summed E-state index contributed by atoms with van der Waals surface area (Å²) in [5.41, 5.74) is 2.00. The monoisotopic (exact) mass is 518 g/mol. The van der Waals surface area contributed by atoms with Crippen molar-refractivity contribution in [1.82, 2.24) is 0 Å². The Morgan fingerprint density at radius 1 is 0.703 bits per heavy atom. The first-order chi connectivity index (χ1) is 18.0. The molecule has 37 heavy (non-hydrogen) atoms. The van der Waals surface area contributed by atoms with Gasteiger partial charge >= 0.3 is 7.82 Å². The molecule has 1 atom stereocenters. The first-order valence-corrected chi connectivity index (χ1v) is 13.5. The molecule has 0 fully saturated rings. The molecule has 4 aromatic rings. The molecule has 0 saturated carbocycles. The van der Waals surface area contributed by atoms with Crippen molar-refractivity contribution in [3.05, 3.63) is 115 Å². The van der Waals surface area contributed by atoms with E-state index in [0.29, 0.717) is 17.9 Å². The van der Waals surface area contributed by atoms with Crippen molar-refractivity contribution >= 4 is 7.82 Å². The molecule has 0 aliphatic carbocycles. The van der Waals surface area contributed by atoms with Gasteiger partial charge < -0.3 is 18.5 Å². The SMILES string of the molecule is CCC(COP(=O)(Oc1ccccc1)Oc1ccccc1)(OC)c1ccc(-c2ccccc2OC)cc1. The highest BCUT2D eigenvalue weighted by atomic mass is 31.2. The molecule has 0 N–H and O–H groups in total. The summed E-state index contributed by atoms with van der Waals surface area (Å²) in [6.45, 7) is 1.94. The van der Waals surface area contributed by atoms with Crippen LogP contribution in [-0.2, 0) is 19.4 Å². The Bertz CT molecular complexity index is 1260. The molecule has 0 aliphatic heterocycles. The number of benzene rings is 4. The quantitative estimate of drug-likeness (QED) is 0.178. The Hall–Kier alpha value is -3.57. The lowest BCUT2D eigenvalue weighted by Gasteiger charge is -2.33. The summed E-state index contributed by atoms with van der Waals surface area (Å²) < 4.78 is 42.8. The molecule has 0 saturated heterocycles. The van der Waals surface area contributed by atoms with Gasteiger partial charge in [0.05, 0.1) is 13.7 Å². The fraction of sp³-hybridized carbons (Fsp3) is 0.200. The molecule has 0 amide bonds. The Labute approximate surface area is 218 Å². The van der Waals surface area contributed by atoms with Crippen LogP contribution >= 0.6 is 7.82 Å². The second-order valence-electron chi connectivity index (χ2n) is 8.36. The number of phosphoric ester groups is 1. The predicted octanol–water partition coefficient (Wildman–Crippen LogP) is 7.90. The van der Waals surface area contributed by atoms with Crippen LogP contribution in [0.4, 0.5) is 0 Å². The van der Waals surface area contributed by atoms with Gasteiger partial charge in [-0.2, -0.15) is 0 Å². The van der Waals surface area contributed by atoms with Crippen molar-refractivity contribution in [2.75, 3.05) is 20.8 Å². The molecule has 0 spiro atoms. The van der Waals surface area contributed by atoms with Gasteiger partial charge in [0.25, 0.3) is 0 Å². The number of ether oxygens (including phenoxy) is 2. The van der Waals surface area contributed by atoms with Crippen molar-refractivity contribution in [2.24, 2.45) is 0 Å². The van der Waals surface area contributed by atoms with E-state index in [1.807, 2.05) is 67.6 Å². The highest BCUT2D eigenvalue weighted by Gasteiger charge is 2.38. The van der Waals surface area contributed by atoms with Crippen molar-refractivity contribution < 1.29 is 27.6 Å². The third-order valence-corrected chi connectivity index (χ3v) is 7.48. The largest absolute Gasteiger partial charge is 0.587 e. The highest BCUT2D eigenvalue weighted by Crippen LogP contribution is 2.51. The second kappa shape index (κ2) is 12.1. The van der Waals surface area contributed by atoms with Crippen molar-refractivity contribution in [2.45, 2.75) is 18.9 Å². The van der Waals surface area contributed by atoms with E-state index >= 15 is 0 Å². The van der Waals surface area contributed by atoms with E-state index in [1.54, 1.807) is 62.8 Å². The molecule has 0 aromatic heterocycles. The van der Waals surface area contributed by atoms with Crippen LogP contribution in [0.25, 0.3) is 11.1 Å². The number of hydrogen-bond acceptors (Lipinski definition) is 6. The maximum atomic E-state index is 13.8. The minimum Gasteiger partial charge on any atom is -0.496 e. The summed E-state index contributed by atoms with van der Waals surface area (Å²) >= 11 is 0. The van der Waals surface area contributed by atoms with Crippen LogP contribution in [0.3, 0.4) is 0 Å². The third kappa shape index (κ3) is 6.41. The van der Waals surface area contributed by atoms with Crippen LogP contribution in [0.5, 0.6) is 17.2 Å². The Kier molecular flexibility index (Phi) is 8.67. The summed E-state index contributed by atoms with van der Waals surface area (Å²) in [7, 11) is -0.800. The van der Waals surface area contributed by atoms with E-state index in [1.165, 1.54) is 0 Å². The first-order valence-electron chi connectivity index (χ1n) is 12.0. The van der Waals surface area contributed by atoms with Gasteiger partial charge in [-0.1, -0.05) is 85.8 Å². The molecule has 0 bridgehead atoms. The lowest BCUT2D eigenvalue weighted by atomic mass is 9.90. The van der Waals surface area contributed by atoms with Crippen molar-refractivity contribution in [1.29, 1.82) is 0 Å². The van der Waals surface area contributed by atoms with E-state index in [0.717, 1.165) is 22.4 Å². The number of para-hydroxylation sites is 3. The van der Waals surface area contributed by atoms with Gasteiger partial charge in [-0.3, -0.25) is 4.52 Å². The molecular weight excluding hydrogens is 487 g/mol. The van der Waals surface area contributed by atoms with E-state index in [2.05, 4.69) is 0 Å². The average molecular weight is 519 g/mol. The molecule has 192 valence electrons. The molecule has 6 nitrogen and oxygen atoms in total. The maximum absolute atomic E-state index is 13.8. The lowest BCUT2D eigenvalue weighted by molar-refractivity contribution is -0.0572. The zero-order valence-corrected chi connectivity index (χ0v) is 22.1. The average Bonchev–Trinajstić information content (AvgIpc) is 2.95. The second-order valence-corrected chi connectivity index (χ2v) is 9.88. The summed E-state index contributed by atoms with van der Waals surface area (Å²) in [4.78, 5) is 0. The molecular formula is C30H31O6P. The van der Waals surface area contributed by atoms with Crippen LogP contribution in [-0.4, -0.2) is 20.8 Å². The van der Waals surface area contributed by atoms with Gasteiger partial charge in [-0.25, -0.2) is 4.57 Å². The summed E-state index contributed by atoms with van der Waals surface area (Å²) in [6.07, 6.45) is 0.564. The standard InChI is InChI=1S/C30H31O6P/c1-4-30(33-3,25-21-19-24(20-22-25)28-17-11-12-18-29(28)32-2)23-34-37(31,35-26-13-7-5-8-14-26)36-27-15-9-6-10-16-27/h5-22H,4,23H2,1-3H3. The Morgan fingerprint density at radius 3 is 1.76 bits per heavy atom. The Balaban J connectivity index is 1.60. The fourth-order valence-corrected chi connectivity index (χ4v) is 5.29. The molecule has 7 heteroatoms. The van der Waals surface area contributed by atoms with Gasteiger partial charge in [0.2, 0.25) is 0 Å². The smallest absolute Gasteiger partial charge is 0.496 e. The number of hydrogen-bond donors (Lipinski definition) is 0. The van der Waals surface area contributed by atoms with E-state index in [9.17, 15) is 4.57 Å². The molecule has 4 rings (SSSR count). The van der Waals surface area contributed by atoms with Gasteiger partial charge in [0.15, 0.2) is 0 Å². The normalized spacial score (nSPS) is 12.9. The van der Waals surface area contributed by atoms with E-state index in [4.69, 9.17) is 23.0 Å². The topological polar surface area (TPSA) is 63.2 Å². The minimum atomic E-state index is -4.07. The van der Waals surface area contributed by atoms with E-state index < -0.39 is 13.4 Å². The number of rotatable bonds is 12. The minimum absolute atomic E-state index is 0.0506. The van der Waals surface area contributed by atoms with Crippen molar-refractivity contribution in [3.63, 3.8) is 0 Å². The van der Waals surface area contributed by atoms with Gasteiger partial charge in [-0.05, 0) is 47.9 Å². The Morgan fingerprint density at radius 2 is 1.24 bits per heavy atom. The van der Waals surface area contributed by atoms with Crippen molar-refractivity contribution in [3.8, 4) is 28.4 Å². The van der Waals surface area contributed by atoms with E-state index in [-0.39, 0.29) is 6.61 Å². The predicted molar refractivity (Wildman–Crippen MR) is 145 cm³/mol. The zero-order valence-electron chi connectivity index (χ0n) is 21.2. The van der Waals surface area contributed by atoms with Gasteiger partial charge in [0.1, 0.15) is 22.8 Å². The van der Waals surface area contributed by atoms with Crippen LogP contribution < -0.4 is 13.8 Å². The molecule has 0 heterocycles. The van der Waals surface area contributed by atoms with Crippen LogP contribution in [0.15, 0.2) is 109 Å². The highest BCUT2D eigenvalue weighted by molar-refractivity contribution is 7.49. The van der Waals surface area contributed by atoms with Crippen LogP contribution in [0.1, 0.15) is 18.9 Å². The van der Waals surface area contributed by atoms with Gasteiger partial charge in [0, 0.05) is 12.7 Å². The maximum Gasteiger partial charge on any atom is 0.587 e. The fourth-order valence-electron chi connectivity index (χ4n) is 4.02. The summed E-state index contributed by atoms with van der Waals surface area (Å²) in [5.74, 6) is 1.55. The summed E-state index contributed by atoms with van der Waals surface area (Å²) in [6, 6.07) is 33.5.